The summed E-state index contributed by atoms with van der Waals surface area (Å²) in [4.78, 5) is 24.7. The summed E-state index contributed by atoms with van der Waals surface area (Å²) in [6.07, 6.45) is 0.471. The molecule has 0 unspecified atom stereocenters. The summed E-state index contributed by atoms with van der Waals surface area (Å²) in [5.41, 5.74) is 5.88. The van der Waals surface area contributed by atoms with Crippen molar-refractivity contribution in [2.24, 2.45) is 0 Å². The molecular weight excluding hydrogens is 387 g/mol. The van der Waals surface area contributed by atoms with Crippen LogP contribution in [0.1, 0.15) is 39.9 Å². The third-order valence-electron chi connectivity index (χ3n) is 4.06. The van der Waals surface area contributed by atoms with Gasteiger partial charge in [0.1, 0.15) is 0 Å². The molecule has 3 N–H and O–H groups in total. The fourth-order valence-corrected chi connectivity index (χ4v) is 2.67. The average molecular weight is 405 g/mol. The Morgan fingerprint density at radius 3 is 2.66 bits per heavy atom. The van der Waals surface area contributed by atoms with Gasteiger partial charge in [-0.2, -0.15) is 18.3 Å². The second-order valence-corrected chi connectivity index (χ2v) is 6.22. The predicted molar refractivity (Wildman–Crippen MR) is 98.1 cm³/mol. The van der Waals surface area contributed by atoms with Crippen LogP contribution in [0.15, 0.2) is 30.7 Å². The molecule has 3 rings (SSSR count). The van der Waals surface area contributed by atoms with Crippen molar-refractivity contribution in [2.45, 2.75) is 33.0 Å². The van der Waals surface area contributed by atoms with Crippen molar-refractivity contribution in [3.05, 3.63) is 58.9 Å². The SMILES string of the molecule is CCc1nc(C(=O)NCc2ncccc2C(F)(F)F)c(N)nc1-n1cc(C)cn1. The quantitative estimate of drug-likeness (QED) is 0.675. The number of hydrogen-bond acceptors (Lipinski definition) is 6. The lowest BCUT2D eigenvalue weighted by Gasteiger charge is -2.13. The Hall–Kier alpha value is -3.50. The summed E-state index contributed by atoms with van der Waals surface area (Å²) < 4.78 is 40.7. The number of pyridine rings is 1. The number of alkyl halides is 3. The zero-order chi connectivity index (χ0) is 21.2. The average Bonchev–Trinajstić information content (AvgIpc) is 3.11. The number of nitrogens with zero attached hydrogens (tertiary/aromatic N) is 5. The molecule has 0 saturated carbocycles. The van der Waals surface area contributed by atoms with E-state index >= 15 is 0 Å². The molecule has 0 fully saturated rings. The fourth-order valence-electron chi connectivity index (χ4n) is 2.67. The number of nitrogens with two attached hydrogens (primary N) is 1. The minimum atomic E-state index is -4.58. The van der Waals surface area contributed by atoms with Gasteiger partial charge in [0, 0.05) is 12.4 Å². The summed E-state index contributed by atoms with van der Waals surface area (Å²) in [5, 5.41) is 6.54. The zero-order valence-electron chi connectivity index (χ0n) is 15.7. The van der Waals surface area contributed by atoms with E-state index in [0.717, 1.165) is 11.6 Å². The van der Waals surface area contributed by atoms with Crippen LogP contribution < -0.4 is 11.1 Å². The van der Waals surface area contributed by atoms with Crippen molar-refractivity contribution in [1.82, 2.24) is 30.0 Å². The first-order valence-corrected chi connectivity index (χ1v) is 8.68. The van der Waals surface area contributed by atoms with Gasteiger partial charge in [0.05, 0.1) is 29.7 Å². The molecule has 152 valence electrons. The van der Waals surface area contributed by atoms with E-state index in [-0.39, 0.29) is 17.2 Å². The van der Waals surface area contributed by atoms with Crippen molar-refractivity contribution < 1.29 is 18.0 Å². The molecule has 3 aromatic rings. The van der Waals surface area contributed by atoms with Gasteiger partial charge in [-0.1, -0.05) is 6.92 Å². The molecule has 0 radical (unpaired) electrons. The van der Waals surface area contributed by atoms with Gasteiger partial charge in [-0.15, -0.1) is 0 Å². The van der Waals surface area contributed by atoms with Gasteiger partial charge in [-0.05, 0) is 31.0 Å². The molecule has 0 atom stereocenters. The van der Waals surface area contributed by atoms with E-state index in [1.54, 1.807) is 12.4 Å². The van der Waals surface area contributed by atoms with Crippen LogP contribution in [0.3, 0.4) is 0 Å². The molecule has 0 aliphatic rings. The maximum atomic E-state index is 13.1. The van der Waals surface area contributed by atoms with Crippen LogP contribution in [0, 0.1) is 6.92 Å². The van der Waals surface area contributed by atoms with Crippen LogP contribution in [0.5, 0.6) is 0 Å². The van der Waals surface area contributed by atoms with E-state index in [9.17, 15) is 18.0 Å². The first-order chi connectivity index (χ1) is 13.7. The summed E-state index contributed by atoms with van der Waals surface area (Å²) in [6.45, 7) is 3.25. The van der Waals surface area contributed by atoms with Crippen molar-refractivity contribution in [3.63, 3.8) is 0 Å². The number of carbonyl (C=O) groups is 1. The van der Waals surface area contributed by atoms with E-state index in [1.807, 2.05) is 13.8 Å². The number of nitrogens with one attached hydrogen (secondary N) is 1. The maximum absolute atomic E-state index is 13.1. The lowest BCUT2D eigenvalue weighted by atomic mass is 10.2. The molecule has 11 heteroatoms. The lowest BCUT2D eigenvalue weighted by Crippen LogP contribution is -2.28. The van der Waals surface area contributed by atoms with Crippen LogP contribution in [0.2, 0.25) is 0 Å². The van der Waals surface area contributed by atoms with E-state index < -0.39 is 24.2 Å². The molecule has 0 aromatic carbocycles. The van der Waals surface area contributed by atoms with E-state index in [2.05, 4.69) is 25.4 Å². The van der Waals surface area contributed by atoms with Gasteiger partial charge < -0.3 is 11.1 Å². The van der Waals surface area contributed by atoms with E-state index in [1.165, 1.54) is 16.9 Å². The summed E-state index contributed by atoms with van der Waals surface area (Å²) in [6, 6.07) is 2.08. The minimum absolute atomic E-state index is 0.153. The first kappa shape index (κ1) is 20.2. The largest absolute Gasteiger partial charge is 0.418 e. The van der Waals surface area contributed by atoms with Crippen LogP contribution >= 0.6 is 0 Å². The van der Waals surface area contributed by atoms with Crippen LogP contribution in [-0.4, -0.2) is 30.6 Å². The van der Waals surface area contributed by atoms with Crippen LogP contribution in [0.4, 0.5) is 19.0 Å². The highest BCUT2D eigenvalue weighted by molar-refractivity contribution is 5.96. The number of hydrogen-bond donors (Lipinski definition) is 2. The number of carbonyl (C=O) groups excluding carboxylic acids is 1. The highest BCUT2D eigenvalue weighted by atomic mass is 19.4. The molecule has 3 heterocycles. The van der Waals surface area contributed by atoms with Crippen LogP contribution in [0.25, 0.3) is 5.82 Å². The Balaban J connectivity index is 1.85. The van der Waals surface area contributed by atoms with Gasteiger partial charge >= 0.3 is 6.18 Å². The monoisotopic (exact) mass is 405 g/mol. The molecule has 1 amide bonds. The molecule has 3 aromatic heterocycles. The Morgan fingerprint density at radius 1 is 1.28 bits per heavy atom. The van der Waals surface area contributed by atoms with Gasteiger partial charge in [0.15, 0.2) is 17.3 Å². The molecule has 29 heavy (non-hydrogen) atoms. The topological polar surface area (TPSA) is 112 Å². The number of rotatable bonds is 5. The van der Waals surface area contributed by atoms with Crippen molar-refractivity contribution in [2.75, 3.05) is 5.73 Å². The number of halogens is 3. The zero-order valence-corrected chi connectivity index (χ0v) is 15.7. The highest BCUT2D eigenvalue weighted by Crippen LogP contribution is 2.30. The number of nitrogen functional groups attached to an aromatic ring is 1. The molecule has 0 bridgehead atoms. The minimum Gasteiger partial charge on any atom is -0.382 e. The molecule has 0 aliphatic heterocycles. The summed E-state index contributed by atoms with van der Waals surface area (Å²) >= 11 is 0. The lowest BCUT2D eigenvalue weighted by molar-refractivity contribution is -0.138. The predicted octanol–water partition coefficient (Wildman–Crippen LogP) is 2.46. The molecule has 0 aliphatic carbocycles. The fraction of sp³-hybridized carbons (Fsp3) is 0.278. The van der Waals surface area contributed by atoms with E-state index in [4.69, 9.17) is 5.73 Å². The van der Waals surface area contributed by atoms with Gasteiger partial charge in [0.2, 0.25) is 0 Å². The molecular formula is C18H18F3N7O. The second-order valence-electron chi connectivity index (χ2n) is 6.22. The number of anilines is 1. The molecule has 0 spiro atoms. The highest BCUT2D eigenvalue weighted by Gasteiger charge is 2.33. The first-order valence-electron chi connectivity index (χ1n) is 8.68. The van der Waals surface area contributed by atoms with Gasteiger partial charge in [-0.25, -0.2) is 14.6 Å². The van der Waals surface area contributed by atoms with Gasteiger partial charge in [-0.3, -0.25) is 9.78 Å². The Morgan fingerprint density at radius 2 is 2.03 bits per heavy atom. The second kappa shape index (κ2) is 7.86. The van der Waals surface area contributed by atoms with Gasteiger partial charge in [0.25, 0.3) is 5.91 Å². The normalized spacial score (nSPS) is 11.5. The Bertz CT molecular complexity index is 1050. The number of amides is 1. The smallest absolute Gasteiger partial charge is 0.382 e. The standard InChI is InChI=1S/C18H18F3N7O/c1-3-12-16(28-9-10(2)7-25-28)27-15(22)14(26-12)17(29)24-8-13-11(18(19,20)21)5-4-6-23-13/h4-7,9H,3,8H2,1-2H3,(H2,22,27)(H,24,29). The molecule has 0 saturated heterocycles. The van der Waals surface area contributed by atoms with Crippen molar-refractivity contribution >= 4 is 11.7 Å². The molecule has 8 nitrogen and oxygen atoms in total. The third-order valence-corrected chi connectivity index (χ3v) is 4.06. The summed E-state index contributed by atoms with van der Waals surface area (Å²) in [7, 11) is 0. The Labute approximate surface area is 164 Å². The van der Waals surface area contributed by atoms with Crippen molar-refractivity contribution in [3.8, 4) is 5.82 Å². The summed E-state index contributed by atoms with van der Waals surface area (Å²) in [5.74, 6) is -0.509. The Kier molecular flexibility index (Phi) is 5.48. The number of aryl methyl sites for hydroxylation is 2. The van der Waals surface area contributed by atoms with E-state index in [0.29, 0.717) is 17.9 Å². The van der Waals surface area contributed by atoms with Crippen LogP contribution in [-0.2, 0) is 19.1 Å². The maximum Gasteiger partial charge on any atom is 0.418 e. The number of aromatic nitrogens is 5. The van der Waals surface area contributed by atoms with Crippen molar-refractivity contribution in [1.29, 1.82) is 0 Å². The third kappa shape index (κ3) is 4.33.